The van der Waals surface area contributed by atoms with Crippen molar-refractivity contribution in [3.05, 3.63) is 65.7 Å². The fraction of sp³-hybridized carbons (Fsp3) is 0.435. The molecule has 0 saturated carbocycles. The summed E-state index contributed by atoms with van der Waals surface area (Å²) in [5.41, 5.74) is 2.20. The fourth-order valence-electron chi connectivity index (χ4n) is 4.16. The first-order chi connectivity index (χ1) is 15.2. The quantitative estimate of drug-likeness (QED) is 0.551. The van der Waals surface area contributed by atoms with Gasteiger partial charge in [0, 0.05) is 31.9 Å². The zero-order valence-corrected chi connectivity index (χ0v) is 18.1. The van der Waals surface area contributed by atoms with E-state index in [1.807, 2.05) is 16.8 Å². The molecule has 31 heavy (non-hydrogen) atoms. The number of aromatic nitrogens is 4. The molecule has 2 heterocycles. The molecule has 0 unspecified atom stereocenters. The Balaban J connectivity index is 1.45. The second-order valence-corrected chi connectivity index (χ2v) is 7.85. The van der Waals surface area contributed by atoms with Crippen LogP contribution in [0.3, 0.4) is 0 Å². The number of tetrazole rings is 1. The van der Waals surface area contributed by atoms with Gasteiger partial charge in [0.2, 0.25) is 0 Å². The highest BCUT2D eigenvalue weighted by molar-refractivity contribution is 5.49. The van der Waals surface area contributed by atoms with Crippen LogP contribution in [-0.4, -0.2) is 58.4 Å². The van der Waals surface area contributed by atoms with Gasteiger partial charge in [-0.15, -0.1) is 5.10 Å². The van der Waals surface area contributed by atoms with Crippen molar-refractivity contribution in [2.24, 2.45) is 0 Å². The van der Waals surface area contributed by atoms with E-state index >= 15 is 0 Å². The predicted molar refractivity (Wildman–Crippen MR) is 118 cm³/mol. The maximum atomic E-state index is 13.2. The molecule has 0 N–H and O–H groups in total. The van der Waals surface area contributed by atoms with Gasteiger partial charge < -0.3 is 9.64 Å². The molecule has 1 saturated heterocycles. The van der Waals surface area contributed by atoms with E-state index in [1.54, 1.807) is 19.2 Å². The molecule has 0 radical (unpaired) electrons. The van der Waals surface area contributed by atoms with Gasteiger partial charge in [-0.05, 0) is 58.8 Å². The molecule has 0 bridgehead atoms. The van der Waals surface area contributed by atoms with E-state index in [0.29, 0.717) is 6.54 Å². The first-order valence-electron chi connectivity index (χ1n) is 10.8. The van der Waals surface area contributed by atoms with Crippen LogP contribution < -0.4 is 9.64 Å². The van der Waals surface area contributed by atoms with Crippen LogP contribution in [0.2, 0.25) is 0 Å². The summed E-state index contributed by atoms with van der Waals surface area (Å²) in [7, 11) is 1.69. The minimum Gasteiger partial charge on any atom is -0.497 e. The second kappa shape index (κ2) is 9.87. The third-order valence-corrected chi connectivity index (χ3v) is 5.86. The molecule has 0 amide bonds. The molecule has 2 aromatic carbocycles. The van der Waals surface area contributed by atoms with Crippen molar-refractivity contribution in [2.75, 3.05) is 38.2 Å². The van der Waals surface area contributed by atoms with Crippen molar-refractivity contribution >= 4 is 5.69 Å². The summed E-state index contributed by atoms with van der Waals surface area (Å²) >= 11 is 0. The summed E-state index contributed by atoms with van der Waals surface area (Å²) < 4.78 is 20.4. The van der Waals surface area contributed by atoms with Crippen LogP contribution in [0.25, 0.3) is 0 Å². The van der Waals surface area contributed by atoms with Gasteiger partial charge in [0.15, 0.2) is 5.82 Å². The molecule has 4 rings (SSSR count). The number of hydrogen-bond acceptors (Lipinski definition) is 6. The van der Waals surface area contributed by atoms with Crippen LogP contribution in [0, 0.1) is 5.82 Å². The Kier molecular flexibility index (Phi) is 6.76. The normalized spacial score (nSPS) is 15.8. The molecule has 8 heteroatoms. The van der Waals surface area contributed by atoms with Gasteiger partial charge in [0.25, 0.3) is 0 Å². The number of benzene rings is 2. The largest absolute Gasteiger partial charge is 0.497 e. The van der Waals surface area contributed by atoms with E-state index < -0.39 is 0 Å². The lowest BCUT2D eigenvalue weighted by Crippen LogP contribution is -2.48. The average Bonchev–Trinajstić information content (AvgIpc) is 3.27. The third kappa shape index (κ3) is 5.02. The van der Waals surface area contributed by atoms with Crippen LogP contribution in [-0.2, 0) is 6.54 Å². The summed E-state index contributed by atoms with van der Waals surface area (Å²) in [6.07, 6.45) is 2.04. The predicted octanol–water partition coefficient (Wildman–Crippen LogP) is 3.53. The average molecular weight is 425 g/mol. The molecular weight excluding hydrogens is 395 g/mol. The van der Waals surface area contributed by atoms with Gasteiger partial charge in [-0.2, -0.15) is 0 Å². The van der Waals surface area contributed by atoms with Crippen molar-refractivity contribution in [3.8, 4) is 5.75 Å². The Labute approximate surface area is 182 Å². The van der Waals surface area contributed by atoms with Crippen LogP contribution in [0.1, 0.15) is 37.2 Å². The van der Waals surface area contributed by atoms with E-state index in [9.17, 15) is 4.39 Å². The first-order valence-corrected chi connectivity index (χ1v) is 10.8. The van der Waals surface area contributed by atoms with Crippen LogP contribution in [0.5, 0.6) is 5.75 Å². The summed E-state index contributed by atoms with van der Waals surface area (Å²) in [5.74, 6) is 1.52. The number of hydrogen-bond donors (Lipinski definition) is 0. The Morgan fingerprint density at radius 3 is 2.35 bits per heavy atom. The van der Waals surface area contributed by atoms with Gasteiger partial charge in [0.05, 0.1) is 19.7 Å². The van der Waals surface area contributed by atoms with E-state index in [1.165, 1.54) is 17.8 Å². The summed E-state index contributed by atoms with van der Waals surface area (Å²) in [6.45, 7) is 6.52. The summed E-state index contributed by atoms with van der Waals surface area (Å²) in [6, 6.07) is 14.9. The van der Waals surface area contributed by atoms with Gasteiger partial charge in [0.1, 0.15) is 11.6 Å². The van der Waals surface area contributed by atoms with E-state index in [2.05, 4.69) is 44.4 Å². The molecule has 1 aliphatic rings. The Hall–Kier alpha value is -3.00. The van der Waals surface area contributed by atoms with Crippen molar-refractivity contribution < 1.29 is 9.13 Å². The lowest BCUT2D eigenvalue weighted by Gasteiger charge is -2.39. The smallest absolute Gasteiger partial charge is 0.168 e. The Bertz CT molecular complexity index is 951. The number of nitrogens with zero attached hydrogens (tertiary/aromatic N) is 6. The minimum absolute atomic E-state index is 0.165. The molecule has 1 aromatic heterocycles. The van der Waals surface area contributed by atoms with Gasteiger partial charge >= 0.3 is 0 Å². The molecule has 7 nitrogen and oxygen atoms in total. The molecule has 1 fully saturated rings. The first kappa shape index (κ1) is 21.2. The van der Waals surface area contributed by atoms with Crippen molar-refractivity contribution in [1.29, 1.82) is 0 Å². The maximum Gasteiger partial charge on any atom is 0.168 e. The van der Waals surface area contributed by atoms with E-state index in [-0.39, 0.29) is 11.9 Å². The molecule has 1 atom stereocenters. The lowest BCUT2D eigenvalue weighted by molar-refractivity contribution is 0.164. The van der Waals surface area contributed by atoms with Crippen LogP contribution in [0.4, 0.5) is 10.1 Å². The van der Waals surface area contributed by atoms with Crippen molar-refractivity contribution in [1.82, 2.24) is 25.1 Å². The number of ether oxygens (including phenoxy) is 1. The SMILES string of the molecule is CCC[C@H](c1nnnn1Cc1ccc(F)cc1)N1CCN(c2ccc(OC)cc2)CC1. The van der Waals surface area contributed by atoms with Crippen molar-refractivity contribution in [3.63, 3.8) is 0 Å². The summed E-state index contributed by atoms with van der Waals surface area (Å²) in [4.78, 5) is 4.89. The minimum atomic E-state index is -0.237. The fourth-order valence-corrected chi connectivity index (χ4v) is 4.16. The Morgan fingerprint density at radius 1 is 1.00 bits per heavy atom. The summed E-state index contributed by atoms with van der Waals surface area (Å²) in [5, 5.41) is 12.6. The number of methoxy groups -OCH3 is 1. The molecule has 164 valence electrons. The third-order valence-electron chi connectivity index (χ3n) is 5.86. The lowest BCUT2D eigenvalue weighted by atomic mass is 10.1. The van der Waals surface area contributed by atoms with E-state index in [0.717, 1.165) is 56.2 Å². The molecule has 0 spiro atoms. The number of halogens is 1. The molecule has 3 aromatic rings. The maximum absolute atomic E-state index is 13.2. The standard InChI is InChI=1S/C23H29FN6O/c1-3-4-22(23-25-26-27-30(23)17-18-5-7-19(24)8-6-18)29-15-13-28(14-16-29)20-9-11-21(31-2)12-10-20/h5-12,22H,3-4,13-17H2,1-2H3/t22-/m1/s1. The van der Waals surface area contributed by atoms with Crippen molar-refractivity contribution in [2.45, 2.75) is 32.4 Å². The van der Waals surface area contributed by atoms with Gasteiger partial charge in [-0.25, -0.2) is 9.07 Å². The highest BCUT2D eigenvalue weighted by Crippen LogP contribution is 2.27. The Morgan fingerprint density at radius 2 is 1.71 bits per heavy atom. The van der Waals surface area contributed by atoms with Crippen LogP contribution in [0.15, 0.2) is 48.5 Å². The highest BCUT2D eigenvalue weighted by Gasteiger charge is 2.28. The topological polar surface area (TPSA) is 59.3 Å². The monoisotopic (exact) mass is 424 g/mol. The zero-order valence-electron chi connectivity index (χ0n) is 18.1. The second-order valence-electron chi connectivity index (χ2n) is 7.85. The van der Waals surface area contributed by atoms with E-state index in [4.69, 9.17) is 4.74 Å². The molecular formula is C23H29FN6O. The van der Waals surface area contributed by atoms with Crippen LogP contribution >= 0.6 is 0 Å². The number of rotatable bonds is 8. The molecule has 1 aliphatic heterocycles. The molecule has 0 aliphatic carbocycles. The van der Waals surface area contributed by atoms with Gasteiger partial charge in [-0.3, -0.25) is 4.90 Å². The number of piperazine rings is 1. The number of anilines is 1. The van der Waals surface area contributed by atoms with Gasteiger partial charge in [-0.1, -0.05) is 25.5 Å². The highest BCUT2D eigenvalue weighted by atomic mass is 19.1. The zero-order chi connectivity index (χ0) is 21.6.